The fraction of sp³-hybridized carbons (Fsp3) is 0.208. The number of halogens is 1. The Balaban J connectivity index is 1.29. The number of aliphatic hydroxyl groups is 1. The predicted molar refractivity (Wildman–Crippen MR) is 134 cm³/mol. The van der Waals surface area contributed by atoms with Crippen LogP contribution in [0.4, 0.5) is 15.8 Å². The van der Waals surface area contributed by atoms with Gasteiger partial charge in [0.2, 0.25) is 5.88 Å². The Kier molecular flexibility index (Phi) is 7.58. The molecule has 0 fully saturated rings. The third-order valence-corrected chi connectivity index (χ3v) is 6.74. The minimum Gasteiger partial charge on any atom is -0.492 e. The quantitative estimate of drug-likeness (QED) is 0.151. The number of benzene rings is 3. The van der Waals surface area contributed by atoms with Crippen molar-refractivity contribution in [3.8, 4) is 11.6 Å². The van der Waals surface area contributed by atoms with Gasteiger partial charge in [-0.1, -0.05) is 12.1 Å². The molecule has 0 unspecified atom stereocenters. The van der Waals surface area contributed by atoms with Gasteiger partial charge in [-0.15, -0.1) is 5.10 Å². The van der Waals surface area contributed by atoms with Crippen LogP contribution in [0.25, 0.3) is 10.9 Å². The number of rotatable bonds is 11. The van der Waals surface area contributed by atoms with Crippen LogP contribution in [-0.4, -0.2) is 50.5 Å². The van der Waals surface area contributed by atoms with Crippen LogP contribution in [-0.2, 0) is 10.0 Å². The third kappa shape index (κ3) is 5.85. The van der Waals surface area contributed by atoms with Crippen molar-refractivity contribution in [1.82, 2.24) is 15.5 Å². The number of nitrogens with one attached hydrogen (secondary N) is 3. The van der Waals surface area contributed by atoms with Gasteiger partial charge in [0.05, 0.1) is 24.1 Å². The molecule has 1 atom stereocenters. The first-order chi connectivity index (χ1) is 17.3. The summed E-state index contributed by atoms with van der Waals surface area (Å²) in [7, 11) is -2.65. The highest BCUT2D eigenvalue weighted by Gasteiger charge is 2.20. The van der Waals surface area contributed by atoms with Gasteiger partial charge in [0.25, 0.3) is 10.0 Å². The third-order valence-electron chi connectivity index (χ3n) is 5.35. The molecule has 0 aliphatic rings. The average molecular weight is 516 g/mol. The van der Waals surface area contributed by atoms with Crippen LogP contribution in [0, 0.1) is 5.82 Å². The van der Waals surface area contributed by atoms with E-state index in [0.717, 1.165) is 23.0 Å². The van der Waals surface area contributed by atoms with Crippen LogP contribution in [0.3, 0.4) is 0 Å². The monoisotopic (exact) mass is 515 g/mol. The standard InChI is InChI=1S/C24H26FN5O5S/c1-34-24-19-7-6-18(13-21(19)28-29-24)35-10-9-27-14-22(31)15-3-2-4-17(11-15)30-36(32,33)23-12-16(26)5-8-20(23)25/h2-8,11-13,22,27,30-31H,9-10,14,26H2,1H3,(H,28,29)/t22-/m0/s1. The van der Waals surface area contributed by atoms with E-state index in [1.807, 2.05) is 18.2 Å². The number of H-pyrrole nitrogens is 1. The minimum atomic E-state index is -4.21. The summed E-state index contributed by atoms with van der Waals surface area (Å²) in [4.78, 5) is -0.555. The molecule has 6 N–H and O–H groups in total. The molecule has 1 heterocycles. The van der Waals surface area contributed by atoms with Gasteiger partial charge in [-0.25, -0.2) is 12.8 Å². The van der Waals surface area contributed by atoms with E-state index in [0.29, 0.717) is 30.3 Å². The van der Waals surface area contributed by atoms with Crippen LogP contribution in [0.2, 0.25) is 0 Å². The lowest BCUT2D eigenvalue weighted by molar-refractivity contribution is 0.172. The molecular formula is C24H26FN5O5S. The van der Waals surface area contributed by atoms with E-state index in [2.05, 4.69) is 20.2 Å². The summed E-state index contributed by atoms with van der Waals surface area (Å²) in [6.07, 6.45) is -0.910. The molecule has 0 aliphatic carbocycles. The Bertz CT molecular complexity index is 1460. The average Bonchev–Trinajstić information content (AvgIpc) is 3.27. The van der Waals surface area contributed by atoms with Crippen molar-refractivity contribution in [3.05, 3.63) is 72.0 Å². The number of nitrogens with two attached hydrogens (primary N) is 1. The van der Waals surface area contributed by atoms with E-state index in [1.165, 1.54) is 18.2 Å². The second-order valence-electron chi connectivity index (χ2n) is 7.93. The number of nitrogens with zero attached hydrogens (tertiary/aromatic N) is 1. The number of ether oxygens (including phenoxy) is 2. The second kappa shape index (κ2) is 10.8. The van der Waals surface area contributed by atoms with Gasteiger partial charge in [0.1, 0.15) is 23.1 Å². The maximum atomic E-state index is 14.0. The molecule has 0 amide bonds. The van der Waals surface area contributed by atoms with Crippen molar-refractivity contribution in [2.24, 2.45) is 0 Å². The maximum absolute atomic E-state index is 14.0. The lowest BCUT2D eigenvalue weighted by Gasteiger charge is -2.15. The fourth-order valence-electron chi connectivity index (χ4n) is 3.56. The SMILES string of the molecule is COc1n[nH]c2cc(OCCNC[C@H](O)c3cccc(NS(=O)(=O)c4cc(N)ccc4F)c3)ccc12. The zero-order chi connectivity index (χ0) is 25.7. The molecule has 36 heavy (non-hydrogen) atoms. The molecule has 3 aromatic carbocycles. The van der Waals surface area contributed by atoms with Crippen molar-refractivity contribution in [1.29, 1.82) is 0 Å². The van der Waals surface area contributed by atoms with E-state index in [4.69, 9.17) is 15.2 Å². The zero-order valence-corrected chi connectivity index (χ0v) is 20.2. The first kappa shape index (κ1) is 25.2. The predicted octanol–water partition coefficient (Wildman–Crippen LogP) is 2.80. The van der Waals surface area contributed by atoms with Gasteiger partial charge in [0, 0.05) is 30.5 Å². The number of aromatic amines is 1. The highest BCUT2D eigenvalue weighted by atomic mass is 32.2. The van der Waals surface area contributed by atoms with E-state index in [9.17, 15) is 17.9 Å². The summed E-state index contributed by atoms with van der Waals surface area (Å²) in [5.41, 5.74) is 7.18. The van der Waals surface area contributed by atoms with Gasteiger partial charge in [-0.05, 0) is 48.0 Å². The second-order valence-corrected chi connectivity index (χ2v) is 9.58. The highest BCUT2D eigenvalue weighted by molar-refractivity contribution is 7.92. The van der Waals surface area contributed by atoms with Gasteiger partial charge in [-0.2, -0.15) is 0 Å². The van der Waals surface area contributed by atoms with Gasteiger partial charge < -0.3 is 25.6 Å². The fourth-order valence-corrected chi connectivity index (χ4v) is 4.73. The Labute approximate surface area is 207 Å². The van der Waals surface area contributed by atoms with Crippen molar-refractivity contribution in [2.45, 2.75) is 11.0 Å². The Morgan fingerprint density at radius 1 is 1.17 bits per heavy atom. The van der Waals surface area contributed by atoms with E-state index < -0.39 is 26.8 Å². The van der Waals surface area contributed by atoms with Crippen molar-refractivity contribution in [2.75, 3.05) is 37.3 Å². The number of hydrogen-bond donors (Lipinski definition) is 5. The van der Waals surface area contributed by atoms with E-state index in [-0.39, 0.29) is 17.9 Å². The number of aliphatic hydroxyl groups excluding tert-OH is 1. The minimum absolute atomic E-state index is 0.123. The number of sulfonamides is 1. The number of methoxy groups -OCH3 is 1. The molecule has 12 heteroatoms. The molecule has 0 saturated heterocycles. The lowest BCUT2D eigenvalue weighted by Crippen LogP contribution is -2.26. The van der Waals surface area contributed by atoms with Crippen LogP contribution in [0.1, 0.15) is 11.7 Å². The molecule has 4 rings (SSSR count). The number of aromatic nitrogens is 2. The number of fused-ring (bicyclic) bond motifs is 1. The molecule has 0 radical (unpaired) electrons. The zero-order valence-electron chi connectivity index (χ0n) is 19.4. The Hall–Kier alpha value is -3.87. The lowest BCUT2D eigenvalue weighted by atomic mass is 10.1. The summed E-state index contributed by atoms with van der Waals surface area (Å²) >= 11 is 0. The molecule has 190 valence electrons. The molecule has 0 aliphatic heterocycles. The van der Waals surface area contributed by atoms with Gasteiger partial charge >= 0.3 is 0 Å². The van der Waals surface area contributed by atoms with Gasteiger partial charge in [0.15, 0.2) is 0 Å². The topological polar surface area (TPSA) is 152 Å². The Morgan fingerprint density at radius 2 is 2.00 bits per heavy atom. The molecule has 4 aromatic rings. The number of hydrogen-bond acceptors (Lipinski definition) is 8. The van der Waals surface area contributed by atoms with Crippen LogP contribution < -0.4 is 25.2 Å². The largest absolute Gasteiger partial charge is 0.492 e. The van der Waals surface area contributed by atoms with Gasteiger partial charge in [-0.3, -0.25) is 9.82 Å². The summed E-state index contributed by atoms with van der Waals surface area (Å²) in [5.74, 6) is 0.261. The highest BCUT2D eigenvalue weighted by Crippen LogP contribution is 2.26. The molecule has 10 nitrogen and oxygen atoms in total. The summed E-state index contributed by atoms with van der Waals surface area (Å²) in [6, 6.07) is 15.1. The molecule has 1 aromatic heterocycles. The van der Waals surface area contributed by atoms with E-state index >= 15 is 0 Å². The normalized spacial score (nSPS) is 12.4. The summed E-state index contributed by atoms with van der Waals surface area (Å²) in [5, 5.41) is 21.4. The van der Waals surface area contributed by atoms with Crippen LogP contribution in [0.5, 0.6) is 11.6 Å². The molecule has 0 bridgehead atoms. The van der Waals surface area contributed by atoms with Crippen molar-refractivity contribution < 1.29 is 27.4 Å². The Morgan fingerprint density at radius 3 is 2.81 bits per heavy atom. The van der Waals surface area contributed by atoms with Crippen LogP contribution in [0.15, 0.2) is 65.6 Å². The summed E-state index contributed by atoms with van der Waals surface area (Å²) in [6.45, 7) is 1.03. The molecule has 0 spiro atoms. The van der Waals surface area contributed by atoms with Crippen LogP contribution >= 0.6 is 0 Å². The molecular weight excluding hydrogens is 489 g/mol. The summed E-state index contributed by atoms with van der Waals surface area (Å²) < 4.78 is 52.4. The molecule has 0 saturated carbocycles. The van der Waals surface area contributed by atoms with E-state index in [1.54, 1.807) is 19.2 Å². The number of nitrogen functional groups attached to an aromatic ring is 1. The first-order valence-electron chi connectivity index (χ1n) is 11.0. The smallest absolute Gasteiger partial charge is 0.264 e. The van der Waals surface area contributed by atoms with Crippen molar-refractivity contribution >= 4 is 32.3 Å². The maximum Gasteiger partial charge on any atom is 0.264 e. The first-order valence-corrected chi connectivity index (χ1v) is 12.5. The van der Waals surface area contributed by atoms with Crippen molar-refractivity contribution in [3.63, 3.8) is 0 Å². The number of anilines is 2.